The summed E-state index contributed by atoms with van der Waals surface area (Å²) in [6, 6.07) is 21.4. The molecule has 2 heterocycles. The van der Waals surface area contributed by atoms with Crippen LogP contribution in [0.1, 0.15) is 56.2 Å². The van der Waals surface area contributed by atoms with Gasteiger partial charge in [0.25, 0.3) is 11.8 Å². The number of nitrogens with zero attached hydrogens (tertiary/aromatic N) is 2. The number of phenolic OH excluding ortho intramolecular Hbond substituents is 1. The van der Waals surface area contributed by atoms with Crippen molar-refractivity contribution in [3.8, 4) is 5.75 Å². The molecule has 3 aromatic carbocycles. The number of hydrazine groups is 1. The van der Waals surface area contributed by atoms with Gasteiger partial charge in [0.2, 0.25) is 11.8 Å². The number of anilines is 1. The number of halogens is 1. The lowest BCUT2D eigenvalue weighted by Gasteiger charge is -2.50. The summed E-state index contributed by atoms with van der Waals surface area (Å²) in [7, 11) is 0. The first-order valence-electron chi connectivity index (χ1n) is 15.7. The summed E-state index contributed by atoms with van der Waals surface area (Å²) in [6.45, 7) is 7.51. The first-order valence-corrected chi connectivity index (χ1v) is 16.1. The zero-order chi connectivity index (χ0) is 32.7. The van der Waals surface area contributed by atoms with Gasteiger partial charge in [0.15, 0.2) is 0 Å². The van der Waals surface area contributed by atoms with Crippen LogP contribution in [0.2, 0.25) is 5.02 Å². The minimum atomic E-state index is -1.42. The van der Waals surface area contributed by atoms with Gasteiger partial charge in [0.1, 0.15) is 5.75 Å². The highest BCUT2D eigenvalue weighted by molar-refractivity contribution is 6.31. The molecule has 0 radical (unpaired) electrons. The Balaban J connectivity index is 1.46. The van der Waals surface area contributed by atoms with E-state index in [1.54, 1.807) is 6.07 Å². The van der Waals surface area contributed by atoms with E-state index in [0.29, 0.717) is 23.2 Å². The number of benzene rings is 3. The van der Waals surface area contributed by atoms with Crippen LogP contribution in [0.5, 0.6) is 5.75 Å². The number of likely N-dealkylation sites (tertiary alicyclic amines) is 1. The molecule has 4 aliphatic rings. The van der Waals surface area contributed by atoms with Crippen LogP contribution in [0.3, 0.4) is 0 Å². The maximum absolute atomic E-state index is 15.1. The average Bonchev–Trinajstić information content (AvgIpc) is 3.40. The maximum atomic E-state index is 15.1. The highest BCUT2D eigenvalue weighted by Gasteiger charge is 2.70. The Morgan fingerprint density at radius 3 is 2.24 bits per heavy atom. The lowest BCUT2D eigenvalue weighted by molar-refractivity contribution is -0.146. The van der Waals surface area contributed by atoms with Crippen molar-refractivity contribution in [2.45, 2.75) is 57.4 Å². The number of amides is 4. The molecule has 8 nitrogen and oxygen atoms in total. The van der Waals surface area contributed by atoms with Crippen molar-refractivity contribution in [1.82, 2.24) is 9.91 Å². The maximum Gasteiger partial charge on any atom is 0.260 e. The van der Waals surface area contributed by atoms with Crippen LogP contribution in [0, 0.1) is 30.6 Å². The van der Waals surface area contributed by atoms with Crippen LogP contribution < -0.4 is 5.43 Å². The van der Waals surface area contributed by atoms with Crippen molar-refractivity contribution >= 4 is 40.9 Å². The molecule has 0 spiro atoms. The zero-order valence-corrected chi connectivity index (χ0v) is 26.9. The molecule has 4 amide bonds. The largest absolute Gasteiger partial charge is 0.508 e. The van der Waals surface area contributed by atoms with Gasteiger partial charge in [-0.05, 0) is 81.8 Å². The highest BCUT2D eigenvalue weighted by Crippen LogP contribution is 2.65. The first-order chi connectivity index (χ1) is 21.9. The van der Waals surface area contributed by atoms with Gasteiger partial charge < -0.3 is 5.11 Å². The second-order valence-electron chi connectivity index (χ2n) is 14.0. The molecule has 6 atom stereocenters. The van der Waals surface area contributed by atoms with Crippen LogP contribution in [-0.2, 0) is 24.6 Å². The number of allylic oxidation sites excluding steroid dienone is 2. The van der Waals surface area contributed by atoms with E-state index in [2.05, 4.69) is 5.43 Å². The van der Waals surface area contributed by atoms with E-state index in [9.17, 15) is 19.5 Å². The van der Waals surface area contributed by atoms with Crippen molar-refractivity contribution in [1.29, 1.82) is 0 Å². The van der Waals surface area contributed by atoms with Gasteiger partial charge in [-0.2, -0.15) is 5.01 Å². The van der Waals surface area contributed by atoms with Crippen molar-refractivity contribution in [2.24, 2.45) is 23.7 Å². The lowest BCUT2D eigenvalue weighted by atomic mass is 9.49. The summed E-state index contributed by atoms with van der Waals surface area (Å²) >= 11 is 6.90. The fraction of sp³-hybridized carbons (Fsp3) is 0.351. The number of hydrogen-bond acceptors (Lipinski definition) is 6. The fourth-order valence-corrected chi connectivity index (χ4v) is 8.79. The number of imide groups is 2. The Labute approximate surface area is 273 Å². The second kappa shape index (κ2) is 10.6. The average molecular weight is 638 g/mol. The molecule has 3 fully saturated rings. The minimum absolute atomic E-state index is 0.0296. The van der Waals surface area contributed by atoms with E-state index >= 15 is 4.79 Å². The van der Waals surface area contributed by atoms with E-state index in [4.69, 9.17) is 11.6 Å². The van der Waals surface area contributed by atoms with Gasteiger partial charge in [-0.1, -0.05) is 77.3 Å². The third kappa shape index (κ3) is 4.26. The molecule has 2 aliphatic carbocycles. The summed E-state index contributed by atoms with van der Waals surface area (Å²) in [6.07, 6.45) is 2.55. The van der Waals surface area contributed by atoms with E-state index < -0.39 is 52.4 Å². The predicted octanol–water partition coefficient (Wildman–Crippen LogP) is 6.14. The highest BCUT2D eigenvalue weighted by atomic mass is 35.5. The van der Waals surface area contributed by atoms with Crippen molar-refractivity contribution < 1.29 is 24.3 Å². The SMILES string of the molecule is Cc1ccc(NN2C(=O)C3CC4C(=CCC5C(=O)N(C(C)(C)C)C(=O)C54)C(c4ccc(O)cc4Cl)C3(c3ccccc3)C2=O)cc1. The van der Waals surface area contributed by atoms with Crippen LogP contribution in [0.15, 0.2) is 84.4 Å². The molecular formula is C37H36ClN3O5. The number of carbonyl (C=O) groups excluding carboxylic acids is 4. The fourth-order valence-electron chi connectivity index (χ4n) is 8.50. The molecule has 236 valence electrons. The number of nitrogens with one attached hydrogen (secondary N) is 1. The number of aromatic hydroxyl groups is 1. The molecule has 46 heavy (non-hydrogen) atoms. The summed E-state index contributed by atoms with van der Waals surface area (Å²) in [5.74, 6) is -4.61. The standard InChI is InChI=1S/C37H36ClN3O5/c1-20-10-12-22(13-11-20)39-41-33(44)28-19-27-24(16-17-26-30(27)34(45)40(32(26)43)36(2,3)4)31(25-15-14-23(42)18-29(25)38)37(28,35(41)46)21-8-6-5-7-9-21/h5-16,18,26-28,30-31,39,42H,17,19H2,1-4H3. The molecule has 0 aromatic heterocycles. The Kier molecular flexibility index (Phi) is 6.94. The molecular weight excluding hydrogens is 602 g/mol. The van der Waals surface area contributed by atoms with Gasteiger partial charge in [-0.15, -0.1) is 0 Å². The van der Waals surface area contributed by atoms with E-state index in [-0.39, 0.29) is 29.0 Å². The molecule has 2 aliphatic heterocycles. The molecule has 6 unspecified atom stereocenters. The number of phenols is 1. The van der Waals surface area contributed by atoms with Crippen LogP contribution in [-0.4, -0.2) is 44.2 Å². The zero-order valence-electron chi connectivity index (χ0n) is 26.2. The van der Waals surface area contributed by atoms with Gasteiger partial charge in [0.05, 0.1) is 28.9 Å². The Bertz CT molecular complexity index is 1810. The van der Waals surface area contributed by atoms with E-state index in [1.165, 1.54) is 17.0 Å². The van der Waals surface area contributed by atoms with Gasteiger partial charge in [-0.25, -0.2) is 0 Å². The predicted molar refractivity (Wildman–Crippen MR) is 174 cm³/mol. The number of fused-ring (bicyclic) bond motifs is 4. The molecule has 3 aromatic rings. The number of carbonyl (C=O) groups is 4. The summed E-state index contributed by atoms with van der Waals surface area (Å²) in [5.41, 5.74) is 4.65. The van der Waals surface area contributed by atoms with Crippen LogP contribution in [0.25, 0.3) is 0 Å². The molecule has 9 heteroatoms. The van der Waals surface area contributed by atoms with Gasteiger partial charge >= 0.3 is 0 Å². The monoisotopic (exact) mass is 637 g/mol. The third-order valence-corrected chi connectivity index (χ3v) is 10.7. The Morgan fingerprint density at radius 2 is 1.59 bits per heavy atom. The quantitative estimate of drug-likeness (QED) is 0.263. The molecule has 1 saturated carbocycles. The van der Waals surface area contributed by atoms with Crippen LogP contribution >= 0.6 is 11.6 Å². The van der Waals surface area contributed by atoms with Crippen LogP contribution in [0.4, 0.5) is 5.69 Å². The molecule has 0 bridgehead atoms. The van der Waals surface area contributed by atoms with E-state index in [1.807, 2.05) is 88.4 Å². The Hall–Kier alpha value is -4.43. The summed E-state index contributed by atoms with van der Waals surface area (Å²) in [4.78, 5) is 59.0. The first kappa shape index (κ1) is 30.2. The summed E-state index contributed by atoms with van der Waals surface area (Å²) < 4.78 is 0. The van der Waals surface area contributed by atoms with Crippen molar-refractivity contribution in [2.75, 3.05) is 5.43 Å². The third-order valence-electron chi connectivity index (χ3n) is 10.4. The van der Waals surface area contributed by atoms with Crippen molar-refractivity contribution in [3.05, 3.63) is 106 Å². The van der Waals surface area contributed by atoms with Crippen molar-refractivity contribution in [3.63, 3.8) is 0 Å². The topological polar surface area (TPSA) is 107 Å². The normalized spacial score (nSPS) is 29.0. The van der Waals surface area contributed by atoms with Gasteiger partial charge in [0, 0.05) is 16.5 Å². The smallest absolute Gasteiger partial charge is 0.260 e. The second-order valence-corrected chi connectivity index (χ2v) is 14.4. The minimum Gasteiger partial charge on any atom is -0.508 e. The number of rotatable bonds is 4. The lowest BCUT2D eigenvalue weighted by Crippen LogP contribution is -2.53. The molecule has 2 N–H and O–H groups in total. The molecule has 7 rings (SSSR count). The van der Waals surface area contributed by atoms with E-state index in [0.717, 1.165) is 16.1 Å². The molecule has 2 saturated heterocycles. The number of aryl methyl sites for hydroxylation is 1. The number of hydrogen-bond donors (Lipinski definition) is 2. The van der Waals surface area contributed by atoms with Gasteiger partial charge in [-0.3, -0.25) is 29.5 Å². The Morgan fingerprint density at radius 1 is 0.891 bits per heavy atom. The summed E-state index contributed by atoms with van der Waals surface area (Å²) in [5, 5.41) is 11.7.